The van der Waals surface area contributed by atoms with E-state index in [4.69, 9.17) is 28.9 Å². The molecule has 158 valence electrons. The molecule has 4 aromatic rings. The van der Waals surface area contributed by atoms with Gasteiger partial charge in [-0.1, -0.05) is 23.2 Å². The van der Waals surface area contributed by atoms with Gasteiger partial charge in [-0.25, -0.2) is 15.0 Å². The minimum absolute atomic E-state index is 0.0889. The number of nitrogen functional groups attached to an aromatic ring is 1. The Hall–Kier alpha value is -3.50. The van der Waals surface area contributed by atoms with Crippen LogP contribution in [0.5, 0.6) is 0 Å². The molecule has 0 bridgehead atoms. The number of hydrogen-bond acceptors (Lipinski definition) is 8. The standard InChI is InChI=1S/C19H16Cl2N8O2/c20-11-3-5-13(14(21)8-11)15-9-17-24-10-25-28(17)19(27-15)23-7-1-2-12-4-6-16(29(30)31)18(22)26-12/h3-6,8-10H,1-2,7H2,(H2,22,26)(H,23,27). The zero-order valence-electron chi connectivity index (χ0n) is 16.0. The Morgan fingerprint density at radius 1 is 1.16 bits per heavy atom. The molecule has 0 aliphatic carbocycles. The SMILES string of the molecule is Nc1nc(CCCNc2nc(-c3ccc(Cl)cc3Cl)cc3ncnn23)ccc1[N+](=O)[O-]. The van der Waals surface area contributed by atoms with Crippen LogP contribution in [0.15, 0.2) is 42.7 Å². The first-order valence-corrected chi connectivity index (χ1v) is 9.98. The van der Waals surface area contributed by atoms with Crippen LogP contribution in [-0.2, 0) is 6.42 Å². The fraction of sp³-hybridized carbons (Fsp3) is 0.158. The molecule has 0 atom stereocenters. The zero-order chi connectivity index (χ0) is 22.0. The minimum Gasteiger partial charge on any atom is -0.378 e. The largest absolute Gasteiger partial charge is 0.378 e. The third-order valence-electron chi connectivity index (χ3n) is 4.52. The van der Waals surface area contributed by atoms with Crippen LogP contribution in [0.1, 0.15) is 12.1 Å². The second-order valence-corrected chi connectivity index (χ2v) is 7.46. The summed E-state index contributed by atoms with van der Waals surface area (Å²) in [5.74, 6) is 0.418. The minimum atomic E-state index is -0.553. The monoisotopic (exact) mass is 458 g/mol. The number of nitrogens with zero attached hydrogens (tertiary/aromatic N) is 6. The number of nitro groups is 1. The van der Waals surface area contributed by atoms with E-state index >= 15 is 0 Å². The molecule has 10 nitrogen and oxygen atoms in total. The molecular weight excluding hydrogens is 443 g/mol. The fourth-order valence-electron chi connectivity index (χ4n) is 3.05. The normalized spacial score (nSPS) is 11.0. The van der Waals surface area contributed by atoms with Crippen molar-refractivity contribution in [1.29, 1.82) is 0 Å². The van der Waals surface area contributed by atoms with Gasteiger partial charge in [-0.3, -0.25) is 10.1 Å². The lowest BCUT2D eigenvalue weighted by Gasteiger charge is -2.10. The molecule has 3 aromatic heterocycles. The summed E-state index contributed by atoms with van der Waals surface area (Å²) in [4.78, 5) is 23.3. The molecule has 0 aliphatic rings. The second kappa shape index (κ2) is 8.70. The van der Waals surface area contributed by atoms with Gasteiger partial charge in [0.15, 0.2) is 5.65 Å². The average Bonchev–Trinajstić information content (AvgIpc) is 3.19. The first kappa shape index (κ1) is 20.8. The Bertz CT molecular complexity index is 1280. The van der Waals surface area contributed by atoms with Crippen molar-refractivity contribution >= 4 is 46.3 Å². The summed E-state index contributed by atoms with van der Waals surface area (Å²) in [7, 11) is 0. The van der Waals surface area contributed by atoms with Crippen LogP contribution in [0, 0.1) is 10.1 Å². The fourth-order valence-corrected chi connectivity index (χ4v) is 3.56. The van der Waals surface area contributed by atoms with Crippen LogP contribution < -0.4 is 11.1 Å². The van der Waals surface area contributed by atoms with Crippen molar-refractivity contribution in [2.24, 2.45) is 0 Å². The molecule has 3 N–H and O–H groups in total. The summed E-state index contributed by atoms with van der Waals surface area (Å²) < 4.78 is 1.59. The van der Waals surface area contributed by atoms with Crippen molar-refractivity contribution in [2.45, 2.75) is 12.8 Å². The van der Waals surface area contributed by atoms with Crippen molar-refractivity contribution in [1.82, 2.24) is 24.6 Å². The molecule has 0 saturated carbocycles. The molecule has 12 heteroatoms. The predicted octanol–water partition coefficient (Wildman–Crippen LogP) is 4.03. The van der Waals surface area contributed by atoms with Crippen LogP contribution >= 0.6 is 23.2 Å². The summed E-state index contributed by atoms with van der Waals surface area (Å²) in [6.45, 7) is 0.554. The van der Waals surface area contributed by atoms with E-state index in [9.17, 15) is 10.1 Å². The van der Waals surface area contributed by atoms with Gasteiger partial charge >= 0.3 is 5.69 Å². The van der Waals surface area contributed by atoms with Gasteiger partial charge in [-0.15, -0.1) is 0 Å². The average molecular weight is 459 g/mol. The number of benzene rings is 1. The van der Waals surface area contributed by atoms with E-state index in [2.05, 4.69) is 25.4 Å². The summed E-state index contributed by atoms with van der Waals surface area (Å²) in [5, 5.41) is 19.3. The molecule has 0 unspecified atom stereocenters. The van der Waals surface area contributed by atoms with E-state index in [1.807, 2.05) is 0 Å². The van der Waals surface area contributed by atoms with Crippen molar-refractivity contribution in [3.63, 3.8) is 0 Å². The van der Waals surface area contributed by atoms with Crippen molar-refractivity contribution in [2.75, 3.05) is 17.6 Å². The summed E-state index contributed by atoms with van der Waals surface area (Å²) in [6.07, 6.45) is 2.71. The van der Waals surface area contributed by atoms with Crippen LogP contribution in [0.2, 0.25) is 10.0 Å². The number of aromatic nitrogens is 5. The van der Waals surface area contributed by atoms with E-state index in [0.29, 0.717) is 52.4 Å². The first-order chi connectivity index (χ1) is 14.9. The number of anilines is 2. The Morgan fingerprint density at radius 2 is 2.00 bits per heavy atom. The number of halogens is 2. The number of nitrogens with two attached hydrogens (primary N) is 1. The van der Waals surface area contributed by atoms with Gasteiger partial charge in [-0.2, -0.15) is 9.61 Å². The lowest BCUT2D eigenvalue weighted by Crippen LogP contribution is -2.11. The number of aryl methyl sites for hydroxylation is 1. The number of nitrogens with one attached hydrogen (secondary N) is 1. The number of rotatable bonds is 7. The molecule has 0 aliphatic heterocycles. The molecule has 0 amide bonds. The molecule has 3 heterocycles. The highest BCUT2D eigenvalue weighted by Gasteiger charge is 2.14. The van der Waals surface area contributed by atoms with E-state index in [0.717, 1.165) is 5.56 Å². The van der Waals surface area contributed by atoms with E-state index < -0.39 is 4.92 Å². The molecule has 1 aromatic carbocycles. The van der Waals surface area contributed by atoms with Gasteiger partial charge in [0.25, 0.3) is 0 Å². The molecule has 31 heavy (non-hydrogen) atoms. The van der Waals surface area contributed by atoms with Crippen LogP contribution in [0.25, 0.3) is 16.9 Å². The van der Waals surface area contributed by atoms with E-state index in [-0.39, 0.29) is 11.5 Å². The van der Waals surface area contributed by atoms with E-state index in [1.54, 1.807) is 34.8 Å². The second-order valence-electron chi connectivity index (χ2n) is 6.61. The van der Waals surface area contributed by atoms with Gasteiger partial charge in [0, 0.05) is 35.0 Å². The third kappa shape index (κ3) is 4.49. The Balaban J connectivity index is 1.49. The lowest BCUT2D eigenvalue weighted by molar-refractivity contribution is -0.384. The maximum absolute atomic E-state index is 10.8. The molecule has 0 saturated heterocycles. The van der Waals surface area contributed by atoms with Crippen LogP contribution in [0.4, 0.5) is 17.5 Å². The predicted molar refractivity (Wildman–Crippen MR) is 118 cm³/mol. The summed E-state index contributed by atoms with van der Waals surface area (Å²) in [6, 6.07) is 9.96. The summed E-state index contributed by atoms with van der Waals surface area (Å²) >= 11 is 12.3. The van der Waals surface area contributed by atoms with Gasteiger partial charge in [0.1, 0.15) is 6.33 Å². The molecule has 0 radical (unpaired) electrons. The number of pyridine rings is 1. The highest BCUT2D eigenvalue weighted by Crippen LogP contribution is 2.30. The van der Waals surface area contributed by atoms with Gasteiger partial charge in [0.2, 0.25) is 11.8 Å². The smallest absolute Gasteiger partial charge is 0.311 e. The maximum Gasteiger partial charge on any atom is 0.311 e. The molecule has 4 rings (SSSR count). The third-order valence-corrected chi connectivity index (χ3v) is 5.07. The quantitative estimate of drug-likeness (QED) is 0.240. The van der Waals surface area contributed by atoms with Gasteiger partial charge in [-0.05, 0) is 37.1 Å². The number of hydrogen-bond donors (Lipinski definition) is 2. The van der Waals surface area contributed by atoms with Crippen LogP contribution in [-0.4, -0.2) is 36.0 Å². The lowest BCUT2D eigenvalue weighted by atomic mass is 10.1. The number of fused-ring (bicyclic) bond motifs is 1. The Morgan fingerprint density at radius 3 is 2.74 bits per heavy atom. The highest BCUT2D eigenvalue weighted by atomic mass is 35.5. The molecule has 0 spiro atoms. The maximum atomic E-state index is 10.8. The van der Waals surface area contributed by atoms with Crippen molar-refractivity contribution < 1.29 is 4.92 Å². The molecular formula is C19H16Cl2N8O2. The van der Waals surface area contributed by atoms with Crippen LogP contribution in [0.3, 0.4) is 0 Å². The van der Waals surface area contributed by atoms with E-state index in [1.165, 1.54) is 12.4 Å². The Kier molecular flexibility index (Phi) is 5.83. The van der Waals surface area contributed by atoms with Gasteiger partial charge < -0.3 is 11.1 Å². The first-order valence-electron chi connectivity index (χ1n) is 9.22. The van der Waals surface area contributed by atoms with Gasteiger partial charge in [0.05, 0.1) is 15.6 Å². The highest BCUT2D eigenvalue weighted by molar-refractivity contribution is 6.36. The topological polar surface area (TPSA) is 137 Å². The van der Waals surface area contributed by atoms with Crippen molar-refractivity contribution in [3.8, 4) is 11.3 Å². The zero-order valence-corrected chi connectivity index (χ0v) is 17.5. The van der Waals surface area contributed by atoms with Crippen molar-refractivity contribution in [3.05, 3.63) is 68.6 Å². The Labute approximate surface area is 186 Å². The molecule has 0 fully saturated rings. The summed E-state index contributed by atoms with van der Waals surface area (Å²) in [5.41, 5.74) is 8.10.